The topological polar surface area (TPSA) is 60.2 Å². The standard InChI is InChI=1S/C10H8ClNO3/c11-7-10(13)5-4-8-2-1-3-9(6-8)12(14)15/h1-6H,7H2. The Morgan fingerprint density at radius 2 is 2.27 bits per heavy atom. The van der Waals surface area contributed by atoms with E-state index in [4.69, 9.17) is 11.6 Å². The molecule has 1 rings (SSSR count). The fourth-order valence-corrected chi connectivity index (χ4v) is 1.06. The zero-order valence-corrected chi connectivity index (χ0v) is 8.48. The molecule has 0 aliphatic carbocycles. The van der Waals surface area contributed by atoms with Crippen LogP contribution in [0.5, 0.6) is 0 Å². The van der Waals surface area contributed by atoms with Gasteiger partial charge in [0.05, 0.1) is 10.8 Å². The molecule has 1 aromatic rings. The number of carbonyl (C=O) groups excluding carboxylic acids is 1. The summed E-state index contributed by atoms with van der Waals surface area (Å²) in [5.74, 6) is -0.325. The molecule has 0 aromatic heterocycles. The highest BCUT2D eigenvalue weighted by atomic mass is 35.5. The van der Waals surface area contributed by atoms with E-state index >= 15 is 0 Å². The summed E-state index contributed by atoms with van der Waals surface area (Å²) in [5.41, 5.74) is 0.595. The third kappa shape index (κ3) is 3.52. The Bertz CT molecular complexity index is 415. The molecule has 1 aromatic carbocycles. The van der Waals surface area contributed by atoms with Gasteiger partial charge in [-0.15, -0.1) is 11.6 Å². The van der Waals surface area contributed by atoms with Gasteiger partial charge in [-0.1, -0.05) is 18.2 Å². The SMILES string of the molecule is O=C(C=Cc1cccc([N+](=O)[O-])c1)CCl. The molecule has 0 saturated carbocycles. The normalized spacial score (nSPS) is 10.5. The van der Waals surface area contributed by atoms with Crippen LogP contribution in [0, 0.1) is 10.1 Å². The van der Waals surface area contributed by atoms with Gasteiger partial charge < -0.3 is 0 Å². The zero-order chi connectivity index (χ0) is 11.3. The molecule has 15 heavy (non-hydrogen) atoms. The zero-order valence-electron chi connectivity index (χ0n) is 7.72. The van der Waals surface area contributed by atoms with Gasteiger partial charge in [0.25, 0.3) is 5.69 Å². The molecule has 0 atom stereocenters. The first-order valence-corrected chi connectivity index (χ1v) is 4.68. The lowest BCUT2D eigenvalue weighted by atomic mass is 10.2. The highest BCUT2D eigenvalue weighted by Crippen LogP contribution is 2.13. The molecule has 0 unspecified atom stereocenters. The fraction of sp³-hybridized carbons (Fsp3) is 0.100. The van der Waals surface area contributed by atoms with Gasteiger partial charge in [-0.3, -0.25) is 14.9 Å². The molecule has 0 aliphatic rings. The third-order valence-electron chi connectivity index (χ3n) is 1.67. The monoisotopic (exact) mass is 225 g/mol. The van der Waals surface area contributed by atoms with E-state index in [0.717, 1.165) is 0 Å². The smallest absolute Gasteiger partial charge is 0.270 e. The molecule has 0 aliphatic heterocycles. The van der Waals surface area contributed by atoms with Gasteiger partial charge in [-0.25, -0.2) is 0 Å². The van der Waals surface area contributed by atoms with E-state index < -0.39 is 4.92 Å². The molecule has 0 spiro atoms. The minimum atomic E-state index is -0.485. The van der Waals surface area contributed by atoms with E-state index in [2.05, 4.69) is 0 Å². The number of nitro groups is 1. The molecule has 0 fully saturated rings. The lowest BCUT2D eigenvalue weighted by Crippen LogP contribution is -1.92. The maximum atomic E-state index is 10.9. The number of allylic oxidation sites excluding steroid dienone is 1. The Hall–Kier alpha value is -1.68. The Morgan fingerprint density at radius 1 is 1.53 bits per heavy atom. The van der Waals surface area contributed by atoms with Crippen LogP contribution in [0.1, 0.15) is 5.56 Å². The van der Waals surface area contributed by atoms with Gasteiger partial charge in [-0.2, -0.15) is 0 Å². The summed E-state index contributed by atoms with van der Waals surface area (Å²) < 4.78 is 0. The number of rotatable bonds is 4. The quantitative estimate of drug-likeness (QED) is 0.342. The highest BCUT2D eigenvalue weighted by Gasteiger charge is 2.03. The van der Waals surface area contributed by atoms with Crippen molar-refractivity contribution in [2.24, 2.45) is 0 Å². The number of non-ortho nitro benzene ring substituents is 1. The molecule has 0 bridgehead atoms. The van der Waals surface area contributed by atoms with Crippen LogP contribution in [0.25, 0.3) is 6.08 Å². The van der Waals surface area contributed by atoms with Crippen molar-refractivity contribution in [2.75, 3.05) is 5.88 Å². The largest absolute Gasteiger partial charge is 0.294 e. The molecule has 0 amide bonds. The molecule has 0 N–H and O–H groups in total. The average Bonchev–Trinajstić information content (AvgIpc) is 2.26. The maximum Gasteiger partial charge on any atom is 0.270 e. The van der Waals surface area contributed by atoms with Crippen molar-refractivity contribution in [2.45, 2.75) is 0 Å². The summed E-state index contributed by atoms with van der Waals surface area (Å²) in [6.07, 6.45) is 2.80. The number of alkyl halides is 1. The Labute approximate surface area is 91.3 Å². The summed E-state index contributed by atoms with van der Waals surface area (Å²) in [7, 11) is 0. The Morgan fingerprint density at radius 3 is 2.87 bits per heavy atom. The van der Waals surface area contributed by atoms with Gasteiger partial charge in [0.2, 0.25) is 0 Å². The minimum Gasteiger partial charge on any atom is -0.294 e. The van der Waals surface area contributed by atoms with Crippen LogP contribution in [0.2, 0.25) is 0 Å². The summed E-state index contributed by atoms with van der Waals surface area (Å²) in [6.45, 7) is 0. The van der Waals surface area contributed by atoms with E-state index in [-0.39, 0.29) is 17.4 Å². The second-order valence-corrected chi connectivity index (χ2v) is 3.05. The maximum absolute atomic E-state index is 10.9. The number of hydrogen-bond donors (Lipinski definition) is 0. The number of carbonyl (C=O) groups is 1. The Balaban J connectivity index is 2.87. The number of nitrogens with zero attached hydrogens (tertiary/aromatic N) is 1. The molecule has 0 radical (unpaired) electrons. The lowest BCUT2D eigenvalue weighted by Gasteiger charge is -1.93. The van der Waals surface area contributed by atoms with Crippen LogP contribution < -0.4 is 0 Å². The van der Waals surface area contributed by atoms with Crippen LogP contribution in [-0.4, -0.2) is 16.6 Å². The van der Waals surface area contributed by atoms with Crippen molar-refractivity contribution in [1.29, 1.82) is 0 Å². The first-order valence-electron chi connectivity index (χ1n) is 4.15. The van der Waals surface area contributed by atoms with E-state index in [1.54, 1.807) is 12.1 Å². The summed E-state index contributed by atoms with van der Waals surface area (Å²) in [4.78, 5) is 20.8. The lowest BCUT2D eigenvalue weighted by molar-refractivity contribution is -0.384. The summed E-state index contributed by atoms with van der Waals surface area (Å²) in [5, 5.41) is 10.4. The second-order valence-electron chi connectivity index (χ2n) is 2.79. The van der Waals surface area contributed by atoms with Gasteiger partial charge in [-0.05, 0) is 11.6 Å². The second kappa shape index (κ2) is 5.26. The van der Waals surface area contributed by atoms with Crippen molar-refractivity contribution < 1.29 is 9.72 Å². The fourth-order valence-electron chi connectivity index (χ4n) is 0.976. The van der Waals surface area contributed by atoms with Crippen LogP contribution in [0.15, 0.2) is 30.3 Å². The average molecular weight is 226 g/mol. The van der Waals surface area contributed by atoms with Crippen LogP contribution >= 0.6 is 11.6 Å². The van der Waals surface area contributed by atoms with Gasteiger partial charge in [0, 0.05) is 12.1 Å². The number of hydrogen-bond acceptors (Lipinski definition) is 3. The predicted octanol–water partition coefficient (Wildman–Crippen LogP) is 2.42. The number of halogens is 1. The van der Waals surface area contributed by atoms with Crippen LogP contribution in [-0.2, 0) is 4.79 Å². The predicted molar refractivity (Wildman–Crippen MR) is 57.9 cm³/mol. The molecule has 0 heterocycles. The van der Waals surface area contributed by atoms with Crippen molar-refractivity contribution in [3.05, 3.63) is 46.0 Å². The van der Waals surface area contributed by atoms with Gasteiger partial charge in [0.15, 0.2) is 5.78 Å². The third-order valence-corrected chi connectivity index (χ3v) is 1.94. The number of nitro benzene ring substituents is 1. The number of ketones is 1. The molecule has 4 nitrogen and oxygen atoms in total. The Kier molecular flexibility index (Phi) is 4.00. The summed E-state index contributed by atoms with van der Waals surface area (Å²) >= 11 is 5.29. The van der Waals surface area contributed by atoms with Crippen LogP contribution in [0.4, 0.5) is 5.69 Å². The summed E-state index contributed by atoms with van der Waals surface area (Å²) in [6, 6.07) is 6.01. The van der Waals surface area contributed by atoms with Gasteiger partial charge >= 0.3 is 0 Å². The van der Waals surface area contributed by atoms with Gasteiger partial charge in [0.1, 0.15) is 0 Å². The van der Waals surface area contributed by atoms with E-state index in [9.17, 15) is 14.9 Å². The first-order chi connectivity index (χ1) is 7.13. The van der Waals surface area contributed by atoms with Crippen molar-refractivity contribution in [1.82, 2.24) is 0 Å². The minimum absolute atomic E-state index is 0.00419. The molecule has 0 saturated heterocycles. The van der Waals surface area contributed by atoms with Crippen LogP contribution in [0.3, 0.4) is 0 Å². The molecular formula is C10H8ClNO3. The van der Waals surface area contributed by atoms with E-state index in [1.807, 2.05) is 0 Å². The van der Waals surface area contributed by atoms with E-state index in [0.29, 0.717) is 5.56 Å². The van der Waals surface area contributed by atoms with Crippen molar-refractivity contribution in [3.63, 3.8) is 0 Å². The number of benzene rings is 1. The van der Waals surface area contributed by atoms with Crippen molar-refractivity contribution in [3.8, 4) is 0 Å². The first kappa shape index (κ1) is 11.4. The molecule has 5 heteroatoms. The molecule has 78 valence electrons. The highest BCUT2D eigenvalue weighted by molar-refractivity contribution is 6.29. The van der Waals surface area contributed by atoms with E-state index in [1.165, 1.54) is 24.3 Å². The van der Waals surface area contributed by atoms with Crippen molar-refractivity contribution >= 4 is 29.1 Å². The molecular weight excluding hydrogens is 218 g/mol.